The molecular weight excluding hydrogens is 264 g/mol. The largest absolute Gasteiger partial charge is 0.481 e. The summed E-state index contributed by atoms with van der Waals surface area (Å²) in [7, 11) is 0. The lowest BCUT2D eigenvalue weighted by Gasteiger charge is -2.35. The van der Waals surface area contributed by atoms with Crippen LogP contribution in [0, 0.1) is 17.3 Å². The van der Waals surface area contributed by atoms with Gasteiger partial charge in [0.05, 0.1) is 12.5 Å². The number of carboxylic acid groups (broad SMARTS) is 1. The zero-order valence-corrected chi connectivity index (χ0v) is 13.4. The smallest absolute Gasteiger partial charge is 0.311 e. The molecule has 0 radical (unpaired) electrons. The minimum atomic E-state index is -0.859. The Hall–Kier alpha value is -1.35. The maximum Gasteiger partial charge on any atom is 0.311 e. The molecule has 0 aromatic heterocycles. The van der Waals surface area contributed by atoms with Gasteiger partial charge in [-0.05, 0) is 45.4 Å². The molecular formula is C18H28O3. The van der Waals surface area contributed by atoms with Gasteiger partial charge in [-0.2, -0.15) is 0 Å². The van der Waals surface area contributed by atoms with E-state index < -0.39 is 17.3 Å². The topological polar surface area (TPSA) is 57.5 Å². The minimum Gasteiger partial charge on any atom is -0.481 e. The molecule has 0 fully saturated rings. The third kappa shape index (κ3) is 5.16. The number of carboxylic acids is 1. The molecule has 2 N–H and O–H groups in total. The summed E-state index contributed by atoms with van der Waals surface area (Å²) in [4.78, 5) is 11.4. The first kappa shape index (κ1) is 17.7. The van der Waals surface area contributed by atoms with Crippen molar-refractivity contribution in [1.82, 2.24) is 0 Å². The Kier molecular flexibility index (Phi) is 6.90. The van der Waals surface area contributed by atoms with Gasteiger partial charge in [0.1, 0.15) is 0 Å². The zero-order chi connectivity index (χ0) is 15.9. The van der Waals surface area contributed by atoms with Crippen LogP contribution < -0.4 is 0 Å². The van der Waals surface area contributed by atoms with E-state index in [0.717, 1.165) is 19.3 Å². The lowest BCUT2D eigenvalue weighted by molar-refractivity contribution is -0.144. The van der Waals surface area contributed by atoms with Crippen LogP contribution in [0.3, 0.4) is 0 Å². The third-order valence-electron chi connectivity index (χ3n) is 4.34. The van der Waals surface area contributed by atoms with Gasteiger partial charge in [-0.1, -0.05) is 42.9 Å². The summed E-state index contributed by atoms with van der Waals surface area (Å²) in [5.74, 6) is -0.961. The first-order chi connectivity index (χ1) is 9.91. The van der Waals surface area contributed by atoms with Crippen molar-refractivity contribution in [2.24, 2.45) is 17.3 Å². The van der Waals surface area contributed by atoms with Crippen LogP contribution in [0.15, 0.2) is 36.0 Å². The zero-order valence-electron chi connectivity index (χ0n) is 13.4. The molecule has 3 nitrogen and oxygen atoms in total. The highest BCUT2D eigenvalue weighted by atomic mass is 16.4. The van der Waals surface area contributed by atoms with Gasteiger partial charge in [0.2, 0.25) is 0 Å². The number of rotatable bonds is 8. The van der Waals surface area contributed by atoms with Crippen molar-refractivity contribution in [3.63, 3.8) is 0 Å². The van der Waals surface area contributed by atoms with Crippen molar-refractivity contribution >= 4 is 5.97 Å². The molecule has 0 saturated heterocycles. The van der Waals surface area contributed by atoms with Crippen molar-refractivity contribution in [2.45, 2.75) is 46.5 Å². The molecule has 3 heteroatoms. The minimum absolute atomic E-state index is 0.120. The molecule has 0 heterocycles. The van der Waals surface area contributed by atoms with Crippen LogP contribution in [-0.2, 0) is 4.79 Å². The summed E-state index contributed by atoms with van der Waals surface area (Å²) < 4.78 is 0. The Bertz CT molecular complexity index is 430. The van der Waals surface area contributed by atoms with E-state index in [1.165, 1.54) is 5.57 Å². The molecule has 3 atom stereocenters. The van der Waals surface area contributed by atoms with Gasteiger partial charge < -0.3 is 10.2 Å². The number of hydrogen-bond donors (Lipinski definition) is 2. The standard InChI is InChI=1S/C18H28O3/c1-14(2)7-6-8-15(3)10-12-18(13-19)11-5-4-9-16(18)17(20)21/h4-5,7,9,11,15-16,19H,6,8,10,12-13H2,1-3H3,(H,20,21). The highest BCUT2D eigenvalue weighted by Gasteiger charge is 2.40. The van der Waals surface area contributed by atoms with Gasteiger partial charge in [-0.15, -0.1) is 0 Å². The molecule has 0 saturated carbocycles. The molecule has 0 spiro atoms. The summed E-state index contributed by atoms with van der Waals surface area (Å²) >= 11 is 0. The van der Waals surface area contributed by atoms with Gasteiger partial charge in [0, 0.05) is 5.41 Å². The van der Waals surface area contributed by atoms with E-state index in [9.17, 15) is 15.0 Å². The highest BCUT2D eigenvalue weighted by molar-refractivity contribution is 5.74. The van der Waals surface area contributed by atoms with Crippen LogP contribution >= 0.6 is 0 Å². The molecule has 0 amide bonds. The quantitative estimate of drug-likeness (QED) is 0.666. The Balaban J connectivity index is 2.60. The Morgan fingerprint density at radius 3 is 2.62 bits per heavy atom. The van der Waals surface area contributed by atoms with Crippen LogP contribution in [0.25, 0.3) is 0 Å². The van der Waals surface area contributed by atoms with E-state index >= 15 is 0 Å². The van der Waals surface area contributed by atoms with E-state index in [-0.39, 0.29) is 6.61 Å². The first-order valence-electron chi connectivity index (χ1n) is 7.74. The fourth-order valence-corrected chi connectivity index (χ4v) is 2.83. The average Bonchev–Trinajstić information content (AvgIpc) is 2.44. The van der Waals surface area contributed by atoms with Crippen LogP contribution in [0.4, 0.5) is 0 Å². The highest BCUT2D eigenvalue weighted by Crippen LogP contribution is 2.39. The second-order valence-corrected chi connectivity index (χ2v) is 6.45. The lowest BCUT2D eigenvalue weighted by Crippen LogP contribution is -2.38. The number of aliphatic carboxylic acids is 1. The van der Waals surface area contributed by atoms with E-state index in [0.29, 0.717) is 12.3 Å². The number of carbonyl (C=O) groups is 1. The molecule has 1 aliphatic rings. The molecule has 1 aliphatic carbocycles. The third-order valence-corrected chi connectivity index (χ3v) is 4.34. The maximum absolute atomic E-state index is 11.4. The summed E-state index contributed by atoms with van der Waals surface area (Å²) in [6.07, 6.45) is 13.2. The summed E-state index contributed by atoms with van der Waals surface area (Å²) in [6, 6.07) is 0. The van der Waals surface area contributed by atoms with Crippen LogP contribution in [-0.4, -0.2) is 22.8 Å². The first-order valence-corrected chi connectivity index (χ1v) is 7.74. The van der Waals surface area contributed by atoms with Crippen LogP contribution in [0.1, 0.15) is 46.5 Å². The van der Waals surface area contributed by atoms with E-state index in [2.05, 4.69) is 26.8 Å². The Morgan fingerprint density at radius 2 is 2.05 bits per heavy atom. The number of aliphatic hydroxyl groups is 1. The van der Waals surface area contributed by atoms with Gasteiger partial charge >= 0.3 is 5.97 Å². The summed E-state index contributed by atoms with van der Waals surface area (Å²) in [6.45, 7) is 6.28. The van der Waals surface area contributed by atoms with E-state index in [1.54, 1.807) is 12.2 Å². The SMILES string of the molecule is CC(C)=CCCC(C)CCC1(CO)C=CC=CC1C(=O)O. The van der Waals surface area contributed by atoms with Gasteiger partial charge in [0.25, 0.3) is 0 Å². The molecule has 21 heavy (non-hydrogen) atoms. The molecule has 3 unspecified atom stereocenters. The van der Waals surface area contributed by atoms with Crippen molar-refractivity contribution < 1.29 is 15.0 Å². The molecule has 1 rings (SSSR count). The van der Waals surface area contributed by atoms with Gasteiger partial charge in [-0.3, -0.25) is 4.79 Å². The van der Waals surface area contributed by atoms with Crippen molar-refractivity contribution in [3.8, 4) is 0 Å². The Morgan fingerprint density at radius 1 is 1.33 bits per heavy atom. The van der Waals surface area contributed by atoms with Gasteiger partial charge in [-0.25, -0.2) is 0 Å². The molecule has 118 valence electrons. The van der Waals surface area contributed by atoms with Crippen molar-refractivity contribution in [1.29, 1.82) is 0 Å². The molecule has 0 aromatic rings. The number of aliphatic hydroxyl groups excluding tert-OH is 1. The van der Waals surface area contributed by atoms with Gasteiger partial charge in [0.15, 0.2) is 0 Å². The number of allylic oxidation sites excluding steroid dienone is 4. The predicted molar refractivity (Wildman–Crippen MR) is 86.0 cm³/mol. The van der Waals surface area contributed by atoms with Crippen molar-refractivity contribution in [2.75, 3.05) is 6.61 Å². The monoisotopic (exact) mass is 292 g/mol. The average molecular weight is 292 g/mol. The van der Waals surface area contributed by atoms with E-state index in [1.807, 2.05) is 12.2 Å². The van der Waals surface area contributed by atoms with Crippen LogP contribution in [0.5, 0.6) is 0 Å². The summed E-state index contributed by atoms with van der Waals surface area (Å²) in [5, 5.41) is 19.1. The lowest BCUT2D eigenvalue weighted by atomic mass is 9.69. The molecule has 0 bridgehead atoms. The Labute approximate surface area is 128 Å². The summed E-state index contributed by atoms with van der Waals surface area (Å²) in [5.41, 5.74) is 0.686. The second kappa shape index (κ2) is 8.18. The van der Waals surface area contributed by atoms with Crippen LogP contribution in [0.2, 0.25) is 0 Å². The number of hydrogen-bond acceptors (Lipinski definition) is 2. The van der Waals surface area contributed by atoms with E-state index in [4.69, 9.17) is 0 Å². The maximum atomic E-state index is 11.4. The molecule has 0 aromatic carbocycles. The van der Waals surface area contributed by atoms with Crippen molar-refractivity contribution in [3.05, 3.63) is 36.0 Å². The predicted octanol–water partition coefficient (Wildman–Crippen LogP) is 3.95. The fraction of sp³-hybridized carbons (Fsp3) is 0.611. The molecule has 0 aliphatic heterocycles. The normalized spacial score (nSPS) is 25.6. The fourth-order valence-electron chi connectivity index (χ4n) is 2.83. The second-order valence-electron chi connectivity index (χ2n) is 6.45.